The van der Waals surface area contributed by atoms with Gasteiger partial charge in [0.2, 0.25) is 5.91 Å². The number of carbonyl (C=O) groups excluding carboxylic acids is 2. The first-order valence-corrected chi connectivity index (χ1v) is 8.48. The molecule has 1 aromatic carbocycles. The SMILES string of the molecule is CCOC(=O)Cc1sc(NC(=O)C=C(C)C)nc1-c1ccccc1. The molecule has 126 valence electrons. The van der Waals surface area contributed by atoms with E-state index in [-0.39, 0.29) is 18.3 Å². The second-order valence-electron chi connectivity index (χ2n) is 5.35. The molecule has 2 rings (SSSR count). The molecule has 5 nitrogen and oxygen atoms in total. The molecule has 1 heterocycles. The third kappa shape index (κ3) is 5.03. The number of thiazole rings is 1. The Morgan fingerprint density at radius 2 is 1.96 bits per heavy atom. The number of benzene rings is 1. The normalized spacial score (nSPS) is 10.1. The first-order chi connectivity index (χ1) is 11.5. The molecule has 0 aliphatic heterocycles. The summed E-state index contributed by atoms with van der Waals surface area (Å²) < 4.78 is 5.02. The highest BCUT2D eigenvalue weighted by Crippen LogP contribution is 2.31. The van der Waals surface area contributed by atoms with Crippen molar-refractivity contribution in [3.05, 3.63) is 46.9 Å². The van der Waals surface area contributed by atoms with Crippen LogP contribution in [0.25, 0.3) is 11.3 Å². The molecule has 0 spiro atoms. The van der Waals surface area contributed by atoms with Crippen LogP contribution in [0.5, 0.6) is 0 Å². The average molecular weight is 344 g/mol. The summed E-state index contributed by atoms with van der Waals surface area (Å²) in [6.07, 6.45) is 1.64. The second kappa shape index (κ2) is 8.40. The summed E-state index contributed by atoms with van der Waals surface area (Å²) in [4.78, 5) is 29.0. The van der Waals surface area contributed by atoms with Crippen LogP contribution in [0.15, 0.2) is 42.0 Å². The van der Waals surface area contributed by atoms with Crippen molar-refractivity contribution in [2.24, 2.45) is 0 Å². The van der Waals surface area contributed by atoms with Crippen LogP contribution < -0.4 is 5.32 Å². The van der Waals surface area contributed by atoms with Crippen LogP contribution in [0.1, 0.15) is 25.6 Å². The lowest BCUT2D eigenvalue weighted by Gasteiger charge is -2.02. The average Bonchev–Trinajstić information content (AvgIpc) is 2.89. The minimum atomic E-state index is -0.305. The van der Waals surface area contributed by atoms with E-state index in [0.29, 0.717) is 17.4 Å². The maximum Gasteiger partial charge on any atom is 0.311 e. The lowest BCUT2D eigenvalue weighted by atomic mass is 10.1. The van der Waals surface area contributed by atoms with Gasteiger partial charge >= 0.3 is 5.97 Å². The van der Waals surface area contributed by atoms with Crippen molar-refractivity contribution in [2.75, 3.05) is 11.9 Å². The lowest BCUT2D eigenvalue weighted by molar-refractivity contribution is -0.142. The van der Waals surface area contributed by atoms with Gasteiger partial charge in [0, 0.05) is 16.5 Å². The lowest BCUT2D eigenvalue weighted by Crippen LogP contribution is -2.07. The summed E-state index contributed by atoms with van der Waals surface area (Å²) in [5, 5.41) is 3.22. The van der Waals surface area contributed by atoms with Crippen molar-refractivity contribution in [3.8, 4) is 11.3 Å². The molecule has 0 aliphatic rings. The van der Waals surface area contributed by atoms with Gasteiger partial charge in [-0.05, 0) is 20.8 Å². The Kier molecular flexibility index (Phi) is 6.26. The summed E-state index contributed by atoms with van der Waals surface area (Å²) >= 11 is 1.29. The van der Waals surface area contributed by atoms with E-state index in [1.807, 2.05) is 44.2 Å². The Labute approximate surface area is 145 Å². The number of aromatic nitrogens is 1. The van der Waals surface area contributed by atoms with Gasteiger partial charge in [-0.15, -0.1) is 11.3 Å². The van der Waals surface area contributed by atoms with Crippen LogP contribution >= 0.6 is 11.3 Å². The molecule has 0 bridgehead atoms. The fraction of sp³-hybridized carbons (Fsp3) is 0.278. The van der Waals surface area contributed by atoms with Crippen LogP contribution in [-0.2, 0) is 20.7 Å². The molecule has 6 heteroatoms. The van der Waals surface area contributed by atoms with Crippen molar-refractivity contribution in [1.82, 2.24) is 4.98 Å². The summed E-state index contributed by atoms with van der Waals surface area (Å²) in [5.41, 5.74) is 2.50. The maximum absolute atomic E-state index is 11.9. The largest absolute Gasteiger partial charge is 0.466 e. The molecule has 0 radical (unpaired) electrons. The van der Waals surface area contributed by atoms with Crippen LogP contribution in [-0.4, -0.2) is 23.5 Å². The number of hydrogen-bond donors (Lipinski definition) is 1. The van der Waals surface area contributed by atoms with Crippen molar-refractivity contribution >= 4 is 28.3 Å². The van der Waals surface area contributed by atoms with Gasteiger partial charge in [-0.2, -0.15) is 0 Å². The number of nitrogens with one attached hydrogen (secondary N) is 1. The number of carbonyl (C=O) groups is 2. The van der Waals surface area contributed by atoms with Crippen LogP contribution in [0.3, 0.4) is 0 Å². The van der Waals surface area contributed by atoms with E-state index in [1.165, 1.54) is 17.4 Å². The van der Waals surface area contributed by atoms with Crippen molar-refractivity contribution in [2.45, 2.75) is 27.2 Å². The first kappa shape index (κ1) is 17.9. The van der Waals surface area contributed by atoms with E-state index >= 15 is 0 Å². The number of hydrogen-bond acceptors (Lipinski definition) is 5. The zero-order chi connectivity index (χ0) is 17.5. The van der Waals surface area contributed by atoms with Crippen molar-refractivity contribution in [1.29, 1.82) is 0 Å². The fourth-order valence-electron chi connectivity index (χ4n) is 2.09. The molecule has 0 fully saturated rings. The molecule has 1 amide bonds. The number of nitrogens with zero attached hydrogens (tertiary/aromatic N) is 1. The quantitative estimate of drug-likeness (QED) is 0.639. The Morgan fingerprint density at radius 1 is 1.25 bits per heavy atom. The summed E-state index contributed by atoms with van der Waals surface area (Å²) in [5.74, 6) is -0.536. The maximum atomic E-state index is 11.9. The number of rotatable bonds is 6. The summed E-state index contributed by atoms with van der Waals surface area (Å²) in [6, 6.07) is 9.57. The van der Waals surface area contributed by atoms with Crippen molar-refractivity contribution in [3.63, 3.8) is 0 Å². The zero-order valence-corrected chi connectivity index (χ0v) is 14.8. The van der Waals surface area contributed by atoms with E-state index in [4.69, 9.17) is 4.74 Å². The summed E-state index contributed by atoms with van der Waals surface area (Å²) in [7, 11) is 0. The molecule has 0 unspecified atom stereocenters. The van der Waals surface area contributed by atoms with Gasteiger partial charge in [0.25, 0.3) is 0 Å². The van der Waals surface area contributed by atoms with Crippen molar-refractivity contribution < 1.29 is 14.3 Å². The van der Waals surface area contributed by atoms with E-state index in [9.17, 15) is 9.59 Å². The topological polar surface area (TPSA) is 68.3 Å². The number of allylic oxidation sites excluding steroid dienone is 1. The predicted octanol–water partition coefficient (Wildman–Crippen LogP) is 3.82. The van der Waals surface area contributed by atoms with E-state index < -0.39 is 0 Å². The van der Waals surface area contributed by atoms with Gasteiger partial charge in [-0.3, -0.25) is 14.9 Å². The minimum Gasteiger partial charge on any atom is -0.466 e. The summed E-state index contributed by atoms with van der Waals surface area (Å²) in [6.45, 7) is 5.81. The van der Waals surface area contributed by atoms with Crippen LogP contribution in [0.2, 0.25) is 0 Å². The van der Waals surface area contributed by atoms with Crippen LogP contribution in [0.4, 0.5) is 5.13 Å². The third-order valence-corrected chi connectivity index (χ3v) is 3.98. The van der Waals surface area contributed by atoms with E-state index in [1.54, 1.807) is 6.92 Å². The standard InChI is InChI=1S/C18H20N2O3S/c1-4-23-16(22)11-14-17(13-8-6-5-7-9-13)20-18(24-14)19-15(21)10-12(2)3/h5-10H,4,11H2,1-3H3,(H,19,20,21). The molecule has 0 atom stereocenters. The van der Waals surface area contributed by atoms with Gasteiger partial charge in [0.05, 0.1) is 18.7 Å². The third-order valence-electron chi connectivity index (χ3n) is 3.00. The molecule has 0 aliphatic carbocycles. The predicted molar refractivity (Wildman–Crippen MR) is 95.9 cm³/mol. The van der Waals surface area contributed by atoms with Gasteiger partial charge in [0.15, 0.2) is 5.13 Å². The molecule has 0 saturated heterocycles. The molecule has 0 saturated carbocycles. The monoisotopic (exact) mass is 344 g/mol. The molecular formula is C18H20N2O3S. The number of anilines is 1. The Bertz CT molecular complexity index is 747. The molecular weight excluding hydrogens is 324 g/mol. The van der Waals surface area contributed by atoms with Gasteiger partial charge < -0.3 is 4.74 Å². The second-order valence-corrected chi connectivity index (χ2v) is 6.43. The molecule has 1 aromatic heterocycles. The number of ether oxygens (including phenoxy) is 1. The van der Waals surface area contributed by atoms with Crippen LogP contribution in [0, 0.1) is 0 Å². The van der Waals surface area contributed by atoms with E-state index in [2.05, 4.69) is 10.3 Å². The Balaban J connectivity index is 2.31. The highest BCUT2D eigenvalue weighted by molar-refractivity contribution is 7.16. The Morgan fingerprint density at radius 3 is 2.58 bits per heavy atom. The van der Waals surface area contributed by atoms with Gasteiger partial charge in [-0.1, -0.05) is 35.9 Å². The number of esters is 1. The van der Waals surface area contributed by atoms with E-state index in [0.717, 1.165) is 16.0 Å². The smallest absolute Gasteiger partial charge is 0.311 e. The molecule has 24 heavy (non-hydrogen) atoms. The van der Waals surface area contributed by atoms with Gasteiger partial charge in [-0.25, -0.2) is 4.98 Å². The fourth-order valence-corrected chi connectivity index (χ4v) is 3.07. The minimum absolute atomic E-state index is 0.133. The first-order valence-electron chi connectivity index (χ1n) is 7.66. The molecule has 1 N–H and O–H groups in total. The Hall–Kier alpha value is -2.47. The number of amides is 1. The zero-order valence-electron chi connectivity index (χ0n) is 14.0. The highest BCUT2D eigenvalue weighted by Gasteiger charge is 2.17. The van der Waals surface area contributed by atoms with Gasteiger partial charge in [0.1, 0.15) is 0 Å². The molecule has 2 aromatic rings. The highest BCUT2D eigenvalue weighted by atomic mass is 32.1.